The molecule has 0 fully saturated rings. The fourth-order valence-electron chi connectivity index (χ4n) is 1.87. The monoisotopic (exact) mass is 257 g/mol. The highest BCUT2D eigenvalue weighted by Gasteiger charge is 2.20. The minimum Gasteiger partial charge on any atom is -0.477 e. The predicted molar refractivity (Wildman–Crippen MR) is 70.2 cm³/mol. The molecule has 0 unspecified atom stereocenters. The minimum atomic E-state index is -1.30. The predicted octanol–water partition coefficient (Wildman–Crippen LogP) is 3.27. The lowest BCUT2D eigenvalue weighted by molar-refractivity contribution is -0.385. The average Bonchev–Trinajstić information content (AvgIpc) is 2.37. The van der Waals surface area contributed by atoms with Crippen LogP contribution in [0, 0.1) is 17.0 Å². The molecule has 0 bridgehead atoms. The van der Waals surface area contributed by atoms with Gasteiger partial charge in [-0.05, 0) is 24.1 Å². The zero-order valence-corrected chi connectivity index (χ0v) is 10.2. The van der Waals surface area contributed by atoms with E-state index in [4.69, 9.17) is 5.11 Å². The number of aryl methyl sites for hydroxylation is 1. The number of aromatic carboxylic acids is 1. The number of carbonyl (C=O) groups is 1. The molecule has 96 valence electrons. The number of carboxylic acid groups (broad SMARTS) is 1. The summed E-state index contributed by atoms with van der Waals surface area (Å²) in [6, 6.07) is 11.6. The van der Waals surface area contributed by atoms with Crippen molar-refractivity contribution in [1.82, 2.24) is 0 Å². The summed E-state index contributed by atoms with van der Waals surface area (Å²) >= 11 is 0. The van der Waals surface area contributed by atoms with E-state index in [1.807, 2.05) is 31.2 Å². The smallest absolute Gasteiger partial charge is 0.342 e. The van der Waals surface area contributed by atoms with Crippen LogP contribution in [0.3, 0.4) is 0 Å². The summed E-state index contributed by atoms with van der Waals surface area (Å²) in [7, 11) is 0. The van der Waals surface area contributed by atoms with Gasteiger partial charge >= 0.3 is 5.97 Å². The summed E-state index contributed by atoms with van der Waals surface area (Å²) in [6.45, 7) is 1.92. The topological polar surface area (TPSA) is 80.4 Å². The average molecular weight is 257 g/mol. The number of nitro benzene ring substituents is 1. The van der Waals surface area contributed by atoms with E-state index in [9.17, 15) is 14.9 Å². The Morgan fingerprint density at radius 1 is 1.16 bits per heavy atom. The first-order valence-corrected chi connectivity index (χ1v) is 5.58. The van der Waals surface area contributed by atoms with Crippen molar-refractivity contribution in [1.29, 1.82) is 0 Å². The second kappa shape index (κ2) is 4.89. The standard InChI is InChI=1S/C14H11NO4/c1-9-3-2-4-10(7-9)11-5-6-12(14(16)17)13(8-11)15(18)19/h2-8H,1H3,(H,16,17). The molecule has 1 N–H and O–H groups in total. The second-order valence-corrected chi connectivity index (χ2v) is 4.16. The maximum Gasteiger partial charge on any atom is 0.342 e. The van der Waals surface area contributed by atoms with Crippen LogP contribution < -0.4 is 0 Å². The van der Waals surface area contributed by atoms with Crippen molar-refractivity contribution in [3.8, 4) is 11.1 Å². The first kappa shape index (κ1) is 12.8. The van der Waals surface area contributed by atoms with Crippen molar-refractivity contribution in [3.05, 3.63) is 63.7 Å². The second-order valence-electron chi connectivity index (χ2n) is 4.16. The molecule has 2 rings (SSSR count). The van der Waals surface area contributed by atoms with Gasteiger partial charge in [0, 0.05) is 6.07 Å². The lowest BCUT2D eigenvalue weighted by atomic mass is 10.0. The Morgan fingerprint density at radius 3 is 2.42 bits per heavy atom. The Morgan fingerprint density at radius 2 is 1.84 bits per heavy atom. The molecule has 0 amide bonds. The first-order valence-electron chi connectivity index (χ1n) is 5.58. The molecular formula is C14H11NO4. The molecule has 0 aromatic heterocycles. The van der Waals surface area contributed by atoms with Gasteiger partial charge in [0.1, 0.15) is 5.56 Å². The van der Waals surface area contributed by atoms with E-state index in [0.29, 0.717) is 5.56 Å². The fourth-order valence-corrected chi connectivity index (χ4v) is 1.87. The lowest BCUT2D eigenvalue weighted by Gasteiger charge is -2.04. The van der Waals surface area contributed by atoms with Gasteiger partial charge in [-0.15, -0.1) is 0 Å². The zero-order chi connectivity index (χ0) is 14.0. The molecule has 5 heteroatoms. The molecule has 0 saturated carbocycles. The number of hydrogen-bond donors (Lipinski definition) is 1. The molecule has 2 aromatic rings. The van der Waals surface area contributed by atoms with E-state index in [1.165, 1.54) is 12.1 Å². The van der Waals surface area contributed by atoms with Crippen LogP contribution in [-0.2, 0) is 0 Å². The Hall–Kier alpha value is -2.69. The quantitative estimate of drug-likeness (QED) is 0.675. The van der Waals surface area contributed by atoms with Crippen LogP contribution in [0.4, 0.5) is 5.69 Å². The van der Waals surface area contributed by atoms with Gasteiger partial charge < -0.3 is 5.11 Å². The number of rotatable bonds is 3. The maximum absolute atomic E-state index is 10.9. The summed E-state index contributed by atoms with van der Waals surface area (Å²) in [5.41, 5.74) is 1.77. The Balaban J connectivity index is 2.58. The summed E-state index contributed by atoms with van der Waals surface area (Å²) in [5, 5.41) is 19.8. The molecular weight excluding hydrogens is 246 g/mol. The highest BCUT2D eigenvalue weighted by molar-refractivity contribution is 5.93. The van der Waals surface area contributed by atoms with Crippen molar-refractivity contribution < 1.29 is 14.8 Å². The van der Waals surface area contributed by atoms with E-state index in [1.54, 1.807) is 6.07 Å². The van der Waals surface area contributed by atoms with Crippen LogP contribution in [0.2, 0.25) is 0 Å². The van der Waals surface area contributed by atoms with Crippen molar-refractivity contribution >= 4 is 11.7 Å². The number of benzene rings is 2. The van der Waals surface area contributed by atoms with Gasteiger partial charge in [-0.3, -0.25) is 10.1 Å². The van der Waals surface area contributed by atoms with Crippen LogP contribution in [0.25, 0.3) is 11.1 Å². The molecule has 19 heavy (non-hydrogen) atoms. The molecule has 0 saturated heterocycles. The SMILES string of the molecule is Cc1cccc(-c2ccc(C(=O)O)c([N+](=O)[O-])c2)c1. The molecule has 0 aliphatic rings. The van der Waals surface area contributed by atoms with Gasteiger partial charge in [-0.1, -0.05) is 35.9 Å². The number of nitrogens with zero attached hydrogens (tertiary/aromatic N) is 1. The van der Waals surface area contributed by atoms with E-state index in [2.05, 4.69) is 0 Å². The van der Waals surface area contributed by atoms with Gasteiger partial charge in [-0.25, -0.2) is 4.79 Å². The van der Waals surface area contributed by atoms with E-state index in [0.717, 1.165) is 11.1 Å². The minimum absolute atomic E-state index is 0.304. The van der Waals surface area contributed by atoms with E-state index in [-0.39, 0.29) is 5.56 Å². The number of carboxylic acids is 1. The molecule has 5 nitrogen and oxygen atoms in total. The summed E-state index contributed by atoms with van der Waals surface area (Å²) in [5.74, 6) is -1.30. The third-order valence-electron chi connectivity index (χ3n) is 2.78. The summed E-state index contributed by atoms with van der Waals surface area (Å²) in [6.07, 6.45) is 0. The van der Waals surface area contributed by atoms with Crippen LogP contribution in [0.5, 0.6) is 0 Å². The maximum atomic E-state index is 10.9. The highest BCUT2D eigenvalue weighted by Crippen LogP contribution is 2.27. The third kappa shape index (κ3) is 2.60. The molecule has 0 heterocycles. The van der Waals surface area contributed by atoms with Crippen molar-refractivity contribution in [2.75, 3.05) is 0 Å². The normalized spacial score (nSPS) is 10.2. The molecule has 0 spiro atoms. The van der Waals surface area contributed by atoms with Crippen LogP contribution >= 0.6 is 0 Å². The van der Waals surface area contributed by atoms with E-state index < -0.39 is 16.6 Å². The van der Waals surface area contributed by atoms with Gasteiger partial charge in [0.2, 0.25) is 0 Å². The molecule has 2 aromatic carbocycles. The third-order valence-corrected chi connectivity index (χ3v) is 2.78. The highest BCUT2D eigenvalue weighted by atomic mass is 16.6. The van der Waals surface area contributed by atoms with Crippen LogP contribution in [0.15, 0.2) is 42.5 Å². The first-order chi connectivity index (χ1) is 8.99. The van der Waals surface area contributed by atoms with Gasteiger partial charge in [0.25, 0.3) is 5.69 Å². The van der Waals surface area contributed by atoms with Gasteiger partial charge in [-0.2, -0.15) is 0 Å². The summed E-state index contributed by atoms with van der Waals surface area (Å²) < 4.78 is 0. The molecule has 0 atom stereocenters. The van der Waals surface area contributed by atoms with Crippen molar-refractivity contribution in [3.63, 3.8) is 0 Å². The molecule has 0 aliphatic heterocycles. The molecule has 0 radical (unpaired) electrons. The van der Waals surface area contributed by atoms with Crippen molar-refractivity contribution in [2.24, 2.45) is 0 Å². The largest absolute Gasteiger partial charge is 0.477 e. The number of nitro groups is 1. The summed E-state index contributed by atoms with van der Waals surface area (Å²) in [4.78, 5) is 21.2. The van der Waals surface area contributed by atoms with Crippen LogP contribution in [0.1, 0.15) is 15.9 Å². The molecule has 0 aliphatic carbocycles. The van der Waals surface area contributed by atoms with Gasteiger partial charge in [0.05, 0.1) is 4.92 Å². The zero-order valence-electron chi connectivity index (χ0n) is 10.2. The fraction of sp³-hybridized carbons (Fsp3) is 0.0714. The van der Waals surface area contributed by atoms with Crippen molar-refractivity contribution in [2.45, 2.75) is 6.92 Å². The van der Waals surface area contributed by atoms with E-state index >= 15 is 0 Å². The van der Waals surface area contributed by atoms with Gasteiger partial charge in [0.15, 0.2) is 0 Å². The number of hydrogen-bond acceptors (Lipinski definition) is 3. The Kier molecular flexibility index (Phi) is 3.29. The van der Waals surface area contributed by atoms with Crippen LogP contribution in [-0.4, -0.2) is 16.0 Å². The Labute approximate surface area is 109 Å². The lowest BCUT2D eigenvalue weighted by Crippen LogP contribution is -2.02. The Bertz CT molecular complexity index is 664.